The van der Waals surface area contributed by atoms with Crippen molar-refractivity contribution in [2.45, 2.75) is 32.7 Å². The third kappa shape index (κ3) is 3.10. The van der Waals surface area contributed by atoms with Gasteiger partial charge in [-0.15, -0.1) is 6.42 Å². The zero-order valence-corrected chi connectivity index (χ0v) is 9.67. The minimum atomic E-state index is -0.0634. The van der Waals surface area contributed by atoms with E-state index in [4.69, 9.17) is 18.0 Å². The summed E-state index contributed by atoms with van der Waals surface area (Å²) in [6.45, 7) is 3.98. The molecule has 1 aromatic rings. The number of halogens is 1. The largest absolute Gasteiger partial charge is 0.356 e. The van der Waals surface area contributed by atoms with E-state index in [1.54, 1.807) is 0 Å². The van der Waals surface area contributed by atoms with Crippen molar-refractivity contribution in [3.05, 3.63) is 17.0 Å². The fourth-order valence-electron chi connectivity index (χ4n) is 1.23. The SMILES string of the molecule is C#CC(C)Nc1ncnc(Cl)c1CCC. The van der Waals surface area contributed by atoms with Gasteiger partial charge in [0.05, 0.1) is 6.04 Å². The number of terminal acetylenes is 1. The summed E-state index contributed by atoms with van der Waals surface area (Å²) >= 11 is 5.99. The third-order valence-corrected chi connectivity index (χ3v) is 2.32. The lowest BCUT2D eigenvalue weighted by Crippen LogP contribution is -2.15. The minimum absolute atomic E-state index is 0.0634. The van der Waals surface area contributed by atoms with Crippen LogP contribution in [0.3, 0.4) is 0 Å². The lowest BCUT2D eigenvalue weighted by Gasteiger charge is -2.12. The zero-order chi connectivity index (χ0) is 11.3. The van der Waals surface area contributed by atoms with Gasteiger partial charge in [0.15, 0.2) is 0 Å². The van der Waals surface area contributed by atoms with E-state index in [0.29, 0.717) is 5.15 Å². The van der Waals surface area contributed by atoms with Crippen molar-refractivity contribution in [3.8, 4) is 12.3 Å². The highest BCUT2D eigenvalue weighted by Gasteiger charge is 2.09. The molecule has 0 amide bonds. The summed E-state index contributed by atoms with van der Waals surface area (Å²) < 4.78 is 0. The number of nitrogens with one attached hydrogen (secondary N) is 1. The maximum absolute atomic E-state index is 5.99. The molecule has 0 saturated heterocycles. The average Bonchev–Trinajstić information content (AvgIpc) is 2.23. The van der Waals surface area contributed by atoms with Gasteiger partial charge >= 0.3 is 0 Å². The van der Waals surface area contributed by atoms with Crippen LogP contribution in [-0.4, -0.2) is 16.0 Å². The number of anilines is 1. The van der Waals surface area contributed by atoms with Gasteiger partial charge in [-0.25, -0.2) is 9.97 Å². The Hall–Kier alpha value is -1.27. The quantitative estimate of drug-likeness (QED) is 0.630. The molecule has 1 rings (SSSR count). The maximum atomic E-state index is 5.99. The van der Waals surface area contributed by atoms with Crippen LogP contribution >= 0.6 is 11.6 Å². The molecular formula is C11H14ClN3. The van der Waals surface area contributed by atoms with Crippen molar-refractivity contribution in [2.24, 2.45) is 0 Å². The molecule has 0 fully saturated rings. The van der Waals surface area contributed by atoms with E-state index in [1.165, 1.54) is 6.33 Å². The fourth-order valence-corrected chi connectivity index (χ4v) is 1.46. The summed E-state index contributed by atoms with van der Waals surface area (Å²) in [7, 11) is 0. The molecule has 1 aromatic heterocycles. The monoisotopic (exact) mass is 223 g/mol. The van der Waals surface area contributed by atoms with Crippen molar-refractivity contribution < 1.29 is 0 Å². The molecule has 1 unspecified atom stereocenters. The Morgan fingerprint density at radius 2 is 2.33 bits per heavy atom. The van der Waals surface area contributed by atoms with Crippen molar-refractivity contribution in [3.63, 3.8) is 0 Å². The van der Waals surface area contributed by atoms with E-state index in [2.05, 4.69) is 28.1 Å². The van der Waals surface area contributed by atoms with Crippen molar-refractivity contribution in [1.82, 2.24) is 9.97 Å². The number of rotatable bonds is 4. The molecule has 15 heavy (non-hydrogen) atoms. The second kappa shape index (κ2) is 5.57. The van der Waals surface area contributed by atoms with Gasteiger partial charge in [-0.2, -0.15) is 0 Å². The average molecular weight is 224 g/mol. The Bertz CT molecular complexity index is 371. The molecule has 1 N–H and O–H groups in total. The normalized spacial score (nSPS) is 11.9. The van der Waals surface area contributed by atoms with Gasteiger partial charge in [-0.1, -0.05) is 30.9 Å². The summed E-state index contributed by atoms with van der Waals surface area (Å²) in [5, 5.41) is 3.61. The highest BCUT2D eigenvalue weighted by atomic mass is 35.5. The molecule has 0 aliphatic carbocycles. The second-order valence-corrected chi connectivity index (χ2v) is 3.63. The second-order valence-electron chi connectivity index (χ2n) is 3.27. The molecule has 1 atom stereocenters. The van der Waals surface area contributed by atoms with Gasteiger partial charge < -0.3 is 5.32 Å². The molecule has 4 heteroatoms. The van der Waals surface area contributed by atoms with Crippen molar-refractivity contribution >= 4 is 17.4 Å². The van der Waals surface area contributed by atoms with E-state index >= 15 is 0 Å². The topological polar surface area (TPSA) is 37.8 Å². The molecule has 0 bridgehead atoms. The summed E-state index contributed by atoms with van der Waals surface area (Å²) in [4.78, 5) is 8.10. The van der Waals surface area contributed by atoms with Gasteiger partial charge in [-0.05, 0) is 13.3 Å². The van der Waals surface area contributed by atoms with Gasteiger partial charge in [-0.3, -0.25) is 0 Å². The van der Waals surface area contributed by atoms with Crippen LogP contribution in [-0.2, 0) is 6.42 Å². The molecule has 1 heterocycles. The van der Waals surface area contributed by atoms with Gasteiger partial charge in [0.2, 0.25) is 0 Å². The van der Waals surface area contributed by atoms with E-state index in [1.807, 2.05) is 6.92 Å². The summed E-state index contributed by atoms with van der Waals surface area (Å²) in [6.07, 6.45) is 8.57. The lowest BCUT2D eigenvalue weighted by molar-refractivity contribution is 0.890. The van der Waals surface area contributed by atoms with Crippen LogP contribution in [0.5, 0.6) is 0 Å². The molecule has 0 radical (unpaired) electrons. The Morgan fingerprint density at radius 1 is 1.60 bits per heavy atom. The number of aromatic nitrogens is 2. The zero-order valence-electron chi connectivity index (χ0n) is 8.92. The van der Waals surface area contributed by atoms with Crippen molar-refractivity contribution in [1.29, 1.82) is 0 Å². The van der Waals surface area contributed by atoms with E-state index in [-0.39, 0.29) is 6.04 Å². The van der Waals surface area contributed by atoms with E-state index < -0.39 is 0 Å². The number of hydrogen-bond acceptors (Lipinski definition) is 3. The third-order valence-electron chi connectivity index (χ3n) is 2.00. The Labute approximate surface area is 95.3 Å². The smallest absolute Gasteiger partial charge is 0.137 e. The van der Waals surface area contributed by atoms with E-state index in [0.717, 1.165) is 24.2 Å². The first-order valence-electron chi connectivity index (χ1n) is 4.91. The predicted molar refractivity (Wildman–Crippen MR) is 63.0 cm³/mol. The highest BCUT2D eigenvalue weighted by molar-refractivity contribution is 6.30. The predicted octanol–water partition coefficient (Wildman–Crippen LogP) is 2.52. The van der Waals surface area contributed by atoms with Gasteiger partial charge in [0.25, 0.3) is 0 Å². The molecule has 0 aromatic carbocycles. The van der Waals surface area contributed by atoms with Crippen LogP contribution in [0.15, 0.2) is 6.33 Å². The van der Waals surface area contributed by atoms with Crippen molar-refractivity contribution in [2.75, 3.05) is 5.32 Å². The maximum Gasteiger partial charge on any atom is 0.137 e. The molecule has 0 aliphatic heterocycles. The molecule has 3 nitrogen and oxygen atoms in total. The number of nitrogens with zero attached hydrogens (tertiary/aromatic N) is 2. The molecule has 0 aliphatic rings. The lowest BCUT2D eigenvalue weighted by atomic mass is 10.2. The summed E-state index contributed by atoms with van der Waals surface area (Å²) in [5.74, 6) is 3.33. The van der Waals surface area contributed by atoms with E-state index in [9.17, 15) is 0 Å². The number of hydrogen-bond donors (Lipinski definition) is 1. The Kier molecular flexibility index (Phi) is 4.38. The minimum Gasteiger partial charge on any atom is -0.356 e. The summed E-state index contributed by atoms with van der Waals surface area (Å²) in [5.41, 5.74) is 0.934. The molecule has 0 saturated carbocycles. The molecule has 80 valence electrons. The van der Waals surface area contributed by atoms with Crippen LogP contribution in [0, 0.1) is 12.3 Å². The fraction of sp³-hybridized carbons (Fsp3) is 0.455. The van der Waals surface area contributed by atoms with Crippen LogP contribution in [0.25, 0.3) is 0 Å². The molecular weight excluding hydrogens is 210 g/mol. The summed E-state index contributed by atoms with van der Waals surface area (Å²) in [6, 6.07) is -0.0634. The molecule has 0 spiro atoms. The first-order chi connectivity index (χ1) is 7.19. The first kappa shape index (κ1) is 11.8. The van der Waals surface area contributed by atoms with Crippen LogP contribution in [0.4, 0.5) is 5.82 Å². The van der Waals surface area contributed by atoms with Gasteiger partial charge in [0.1, 0.15) is 17.3 Å². The highest BCUT2D eigenvalue weighted by Crippen LogP contribution is 2.21. The van der Waals surface area contributed by atoms with Crippen LogP contribution in [0.2, 0.25) is 5.15 Å². The standard InChI is InChI=1S/C11H14ClN3/c1-4-6-9-10(12)13-7-14-11(9)15-8(3)5-2/h2,7-8H,4,6H2,1,3H3,(H,13,14,15). The van der Waals surface area contributed by atoms with Crippen LogP contribution < -0.4 is 5.32 Å². The first-order valence-corrected chi connectivity index (χ1v) is 5.28. The van der Waals surface area contributed by atoms with Crippen LogP contribution in [0.1, 0.15) is 25.8 Å². The Balaban J connectivity index is 2.96. The Morgan fingerprint density at radius 3 is 2.93 bits per heavy atom. The van der Waals surface area contributed by atoms with Gasteiger partial charge in [0, 0.05) is 5.56 Å².